The average molecular weight is 549 g/mol. The number of aliphatic hydroxyl groups excluding tert-OH is 1. The molecular weight excluding hydrogens is 502 g/mol. The first-order valence-corrected chi connectivity index (χ1v) is 13.9. The highest BCUT2D eigenvalue weighted by Gasteiger charge is 2.48. The Bertz CT molecular complexity index is 1020. The maximum absolute atomic E-state index is 14.1. The van der Waals surface area contributed by atoms with Crippen LogP contribution in [0.15, 0.2) is 41.5 Å². The number of rotatable bonds is 16. The molecule has 0 heterocycles. The monoisotopic (exact) mass is 548 g/mol. The molecule has 0 saturated carbocycles. The van der Waals surface area contributed by atoms with Gasteiger partial charge in [0.2, 0.25) is 11.8 Å². The first-order valence-electron chi connectivity index (χ1n) is 13.9. The first-order chi connectivity index (χ1) is 18.4. The lowest BCUT2D eigenvalue weighted by molar-refractivity contribution is -0.132. The van der Waals surface area contributed by atoms with Crippen molar-refractivity contribution in [2.75, 3.05) is 46.8 Å². The summed E-state index contributed by atoms with van der Waals surface area (Å²) >= 11 is 0. The third kappa shape index (κ3) is 9.22. The molecule has 2 rings (SSSR count). The van der Waals surface area contributed by atoms with Crippen molar-refractivity contribution in [3.8, 4) is 0 Å². The zero-order valence-corrected chi connectivity index (χ0v) is 24.1. The van der Waals surface area contributed by atoms with E-state index in [0.717, 1.165) is 31.9 Å². The summed E-state index contributed by atoms with van der Waals surface area (Å²) in [5, 5.41) is 14.7. The smallest absolute Gasteiger partial charge is 0.249 e. The highest BCUT2D eigenvalue weighted by atomic mass is 19.1. The summed E-state index contributed by atoms with van der Waals surface area (Å²) in [6.45, 7) is 8.62. The van der Waals surface area contributed by atoms with E-state index in [-0.39, 0.29) is 25.3 Å². The van der Waals surface area contributed by atoms with Crippen LogP contribution in [-0.4, -0.2) is 79.6 Å². The average Bonchev–Trinajstić information content (AvgIpc) is 2.85. The molecule has 0 bridgehead atoms. The quantitative estimate of drug-likeness (QED) is 0.275. The molecule has 0 aromatic heterocycles. The number of nitrogens with zero attached hydrogens (tertiary/aromatic N) is 2. The third-order valence-corrected chi connectivity index (χ3v) is 7.19. The van der Waals surface area contributed by atoms with Crippen molar-refractivity contribution in [2.24, 2.45) is 17.1 Å². The molecule has 7 nitrogen and oxygen atoms in total. The highest BCUT2D eigenvalue weighted by molar-refractivity contribution is 5.96. The maximum Gasteiger partial charge on any atom is 0.249 e. The molecule has 218 valence electrons. The molecule has 9 heteroatoms. The molecule has 0 radical (unpaired) electrons. The molecule has 2 amide bonds. The number of hydrogen-bond acceptors (Lipinski definition) is 5. The van der Waals surface area contributed by atoms with Crippen LogP contribution in [0, 0.1) is 23.0 Å². The van der Waals surface area contributed by atoms with Crippen molar-refractivity contribution in [3.63, 3.8) is 0 Å². The number of benzene rings is 1. The molecule has 39 heavy (non-hydrogen) atoms. The molecule has 1 aromatic rings. The summed E-state index contributed by atoms with van der Waals surface area (Å²) in [6, 6.07) is 3.19. The van der Waals surface area contributed by atoms with Crippen LogP contribution in [0.5, 0.6) is 0 Å². The topological polar surface area (TPSA) is 98.9 Å². The summed E-state index contributed by atoms with van der Waals surface area (Å²) < 4.78 is 28.2. The van der Waals surface area contributed by atoms with E-state index in [1.165, 1.54) is 12.1 Å². The fourth-order valence-electron chi connectivity index (χ4n) is 5.47. The Kier molecular flexibility index (Phi) is 12.7. The van der Waals surface area contributed by atoms with Crippen LogP contribution >= 0.6 is 0 Å². The number of nitrogens with one attached hydrogen (secondary N) is 1. The van der Waals surface area contributed by atoms with Gasteiger partial charge in [-0.3, -0.25) is 9.59 Å². The lowest BCUT2D eigenvalue weighted by Gasteiger charge is -2.42. The highest BCUT2D eigenvalue weighted by Crippen LogP contribution is 2.44. The number of aliphatic hydroxyl groups is 1. The number of halogens is 2. The van der Waals surface area contributed by atoms with Crippen LogP contribution in [0.3, 0.4) is 0 Å². The summed E-state index contributed by atoms with van der Waals surface area (Å²) in [5.74, 6) is -3.17. The van der Waals surface area contributed by atoms with Crippen molar-refractivity contribution < 1.29 is 23.5 Å². The van der Waals surface area contributed by atoms with Gasteiger partial charge >= 0.3 is 0 Å². The predicted molar refractivity (Wildman–Crippen MR) is 151 cm³/mol. The van der Waals surface area contributed by atoms with Crippen LogP contribution in [0.25, 0.3) is 0 Å². The lowest BCUT2D eigenvalue weighted by atomic mass is 9.63. The van der Waals surface area contributed by atoms with E-state index in [1.807, 2.05) is 27.9 Å². The molecule has 0 aliphatic heterocycles. The number of amides is 2. The molecule has 0 saturated heterocycles. The maximum atomic E-state index is 14.1. The van der Waals surface area contributed by atoms with Gasteiger partial charge in [-0.25, -0.2) is 8.78 Å². The number of nitrogens with two attached hydrogens (primary N) is 1. The predicted octanol–water partition coefficient (Wildman–Crippen LogP) is 3.42. The minimum Gasteiger partial charge on any atom is -0.391 e. The summed E-state index contributed by atoms with van der Waals surface area (Å²) in [4.78, 5) is 30.7. The fourth-order valence-corrected chi connectivity index (χ4v) is 5.47. The molecule has 1 aromatic carbocycles. The van der Waals surface area contributed by atoms with Crippen molar-refractivity contribution in [2.45, 2.75) is 59.0 Å². The van der Waals surface area contributed by atoms with Gasteiger partial charge in [-0.15, -0.1) is 0 Å². The summed E-state index contributed by atoms with van der Waals surface area (Å²) in [6.07, 6.45) is 4.84. The summed E-state index contributed by atoms with van der Waals surface area (Å²) in [7, 11) is 3.96. The van der Waals surface area contributed by atoms with E-state index < -0.39 is 35.0 Å². The van der Waals surface area contributed by atoms with Crippen molar-refractivity contribution in [3.05, 3.63) is 58.7 Å². The van der Waals surface area contributed by atoms with Gasteiger partial charge in [0.15, 0.2) is 0 Å². The van der Waals surface area contributed by atoms with E-state index in [1.54, 1.807) is 24.0 Å². The van der Waals surface area contributed by atoms with Crippen LogP contribution in [0.2, 0.25) is 0 Å². The first kappa shape index (κ1) is 32.6. The van der Waals surface area contributed by atoms with Gasteiger partial charge in [0.1, 0.15) is 11.6 Å². The van der Waals surface area contributed by atoms with Gasteiger partial charge in [-0.05, 0) is 83.9 Å². The number of allylic oxidation sites excluding steroid dienone is 2. The molecule has 1 aliphatic carbocycles. The van der Waals surface area contributed by atoms with Crippen molar-refractivity contribution >= 4 is 11.8 Å². The van der Waals surface area contributed by atoms with Crippen LogP contribution in [0.4, 0.5) is 8.78 Å². The fraction of sp³-hybridized carbons (Fsp3) is 0.600. The Morgan fingerprint density at radius 2 is 1.72 bits per heavy atom. The van der Waals surface area contributed by atoms with Crippen molar-refractivity contribution in [1.82, 2.24) is 15.1 Å². The van der Waals surface area contributed by atoms with Crippen LogP contribution in [0.1, 0.15) is 52.0 Å². The number of primary amides is 1. The van der Waals surface area contributed by atoms with Crippen LogP contribution < -0.4 is 11.1 Å². The Morgan fingerprint density at radius 3 is 2.26 bits per heavy atom. The second-order valence-corrected chi connectivity index (χ2v) is 10.9. The Morgan fingerprint density at radius 1 is 1.10 bits per heavy atom. The minimum absolute atomic E-state index is 0.00257. The Hall–Kier alpha value is -2.62. The van der Waals surface area contributed by atoms with E-state index >= 15 is 0 Å². The number of hydrogen-bond donors (Lipinski definition) is 3. The van der Waals surface area contributed by atoms with E-state index in [2.05, 4.69) is 10.2 Å². The van der Waals surface area contributed by atoms with E-state index in [0.29, 0.717) is 36.3 Å². The largest absolute Gasteiger partial charge is 0.391 e. The van der Waals surface area contributed by atoms with Crippen molar-refractivity contribution in [1.29, 1.82) is 0 Å². The molecule has 0 spiro atoms. The van der Waals surface area contributed by atoms with Gasteiger partial charge in [0, 0.05) is 37.2 Å². The van der Waals surface area contributed by atoms with Crippen LogP contribution in [-0.2, 0) is 16.0 Å². The zero-order chi connectivity index (χ0) is 29.2. The molecule has 1 aliphatic rings. The minimum atomic E-state index is -1.43. The van der Waals surface area contributed by atoms with E-state index in [9.17, 15) is 23.5 Å². The third-order valence-electron chi connectivity index (χ3n) is 7.19. The Labute approximate surface area is 232 Å². The van der Waals surface area contributed by atoms with Gasteiger partial charge in [-0.2, -0.15) is 0 Å². The number of carbonyl (C=O) groups excluding carboxylic acids is 2. The van der Waals surface area contributed by atoms with Gasteiger partial charge in [0.25, 0.3) is 0 Å². The second kappa shape index (κ2) is 15.2. The molecular formula is C30H46F2N4O3. The Balaban J connectivity index is 2.47. The number of carbonyl (C=O) groups is 2. The molecule has 0 fully saturated rings. The molecule has 3 atom stereocenters. The van der Waals surface area contributed by atoms with Gasteiger partial charge in [-0.1, -0.05) is 31.6 Å². The molecule has 4 N–H and O–H groups in total. The summed E-state index contributed by atoms with van der Waals surface area (Å²) in [5.41, 5.74) is 6.06. The zero-order valence-electron chi connectivity index (χ0n) is 24.1. The normalized spacial score (nSPS) is 18.9. The standard InChI is InChI=1S/C30H46F2N4O3/c1-6-10-36(11-7-2)28(38)23-13-21(3)18-30(19-23,29(33)39)26(16-22-14-24(31)17-25(32)15-22)27(37)20-34-9-8-12-35(4)5/h13-15,17-18,26-27,34,37H,6-12,16,19-20H2,1-5H3,(H2,33,39)/t26-,27+,30?/m1/s1. The van der Waals surface area contributed by atoms with E-state index in [4.69, 9.17) is 5.73 Å². The van der Waals surface area contributed by atoms with Gasteiger partial charge < -0.3 is 26.0 Å². The van der Waals surface area contributed by atoms with Gasteiger partial charge in [0.05, 0.1) is 11.5 Å². The lowest BCUT2D eigenvalue weighted by Crippen LogP contribution is -2.52. The molecule has 1 unspecified atom stereocenters. The SMILES string of the molecule is CCCN(CCC)C(=O)C1=CC(C)=CC(C(N)=O)([C@H](Cc2cc(F)cc(F)c2)[C@@H](O)CNCCCN(C)C)C1. The second-order valence-electron chi connectivity index (χ2n) is 10.9.